The molecule has 1 saturated heterocycles. The van der Waals surface area contributed by atoms with Gasteiger partial charge in [-0.1, -0.05) is 79.8 Å². The largest absolute Gasteiger partial charge is 0.323 e. The van der Waals surface area contributed by atoms with Gasteiger partial charge >= 0.3 is 0 Å². The van der Waals surface area contributed by atoms with Gasteiger partial charge in [0, 0.05) is 12.1 Å². The second kappa shape index (κ2) is 9.05. The van der Waals surface area contributed by atoms with Gasteiger partial charge in [0.2, 0.25) is 5.91 Å². The van der Waals surface area contributed by atoms with Crippen molar-refractivity contribution < 1.29 is 14.4 Å². The third-order valence-corrected chi connectivity index (χ3v) is 6.77. The number of amides is 3. The van der Waals surface area contributed by atoms with Gasteiger partial charge in [-0.15, -0.1) is 0 Å². The maximum atomic E-state index is 13.4. The minimum atomic E-state index is -0.398. The molecular weight excluding hydrogens is 466 g/mol. The standard InChI is InChI=1S/C23H20ClN3O3S2/c1-13(2)11-27-22(30)20(32-23(27)31)19-14-7-3-6-10-17(14)26(21(19)29)12-18(28)25-16-9-5-4-8-15(16)24/h3-10,13H,11-12H2,1-2H3,(H,25,28)/b20-19+. The fourth-order valence-electron chi connectivity index (χ4n) is 3.62. The van der Waals surface area contributed by atoms with Crippen LogP contribution in [-0.4, -0.2) is 40.0 Å². The number of rotatable bonds is 5. The monoisotopic (exact) mass is 485 g/mol. The summed E-state index contributed by atoms with van der Waals surface area (Å²) in [5, 5.41) is 3.14. The van der Waals surface area contributed by atoms with Crippen LogP contribution in [0.15, 0.2) is 53.4 Å². The Bertz CT molecular complexity index is 1180. The second-order valence-electron chi connectivity index (χ2n) is 7.82. The highest BCUT2D eigenvalue weighted by atomic mass is 35.5. The van der Waals surface area contributed by atoms with Gasteiger partial charge in [-0.05, 0) is 24.1 Å². The molecule has 0 radical (unpaired) electrons. The lowest BCUT2D eigenvalue weighted by Crippen LogP contribution is -2.36. The van der Waals surface area contributed by atoms with E-state index in [1.54, 1.807) is 48.5 Å². The quantitative estimate of drug-likeness (QED) is 0.497. The van der Waals surface area contributed by atoms with Crippen LogP contribution in [0, 0.1) is 5.92 Å². The zero-order chi connectivity index (χ0) is 23.0. The van der Waals surface area contributed by atoms with Crippen LogP contribution in [0.1, 0.15) is 19.4 Å². The first-order valence-electron chi connectivity index (χ1n) is 10.0. The van der Waals surface area contributed by atoms with Gasteiger partial charge in [-0.25, -0.2) is 0 Å². The molecule has 0 spiro atoms. The van der Waals surface area contributed by atoms with E-state index >= 15 is 0 Å². The van der Waals surface area contributed by atoms with Crippen molar-refractivity contribution in [2.24, 2.45) is 5.92 Å². The van der Waals surface area contributed by atoms with Gasteiger partial charge in [-0.2, -0.15) is 0 Å². The van der Waals surface area contributed by atoms with Crippen molar-refractivity contribution in [1.82, 2.24) is 4.90 Å². The molecule has 32 heavy (non-hydrogen) atoms. The summed E-state index contributed by atoms with van der Waals surface area (Å²) in [5.74, 6) is -0.826. The summed E-state index contributed by atoms with van der Waals surface area (Å²) in [5.41, 5.74) is 1.95. The molecule has 1 fully saturated rings. The van der Waals surface area contributed by atoms with E-state index in [2.05, 4.69) is 5.32 Å². The van der Waals surface area contributed by atoms with Crippen LogP contribution in [-0.2, 0) is 14.4 Å². The highest BCUT2D eigenvalue weighted by molar-refractivity contribution is 8.26. The summed E-state index contributed by atoms with van der Waals surface area (Å²) >= 11 is 12.7. The van der Waals surface area contributed by atoms with E-state index in [1.807, 2.05) is 13.8 Å². The number of halogens is 1. The summed E-state index contributed by atoms with van der Waals surface area (Å²) < 4.78 is 0.436. The Labute approximate surface area is 200 Å². The molecule has 2 heterocycles. The number of hydrogen-bond acceptors (Lipinski definition) is 5. The maximum absolute atomic E-state index is 13.4. The van der Waals surface area contributed by atoms with E-state index in [9.17, 15) is 14.4 Å². The van der Waals surface area contributed by atoms with Crippen LogP contribution in [0.5, 0.6) is 0 Å². The van der Waals surface area contributed by atoms with Crippen LogP contribution in [0.3, 0.4) is 0 Å². The van der Waals surface area contributed by atoms with E-state index in [0.29, 0.717) is 37.7 Å². The Kier molecular flexibility index (Phi) is 6.37. The number of nitrogens with one attached hydrogen (secondary N) is 1. The fourth-order valence-corrected chi connectivity index (χ4v) is 5.15. The van der Waals surface area contributed by atoms with Crippen molar-refractivity contribution in [3.63, 3.8) is 0 Å². The number of carbonyl (C=O) groups excluding carboxylic acids is 3. The number of nitrogens with zero attached hydrogens (tertiary/aromatic N) is 2. The van der Waals surface area contributed by atoms with Crippen LogP contribution in [0.4, 0.5) is 11.4 Å². The lowest BCUT2D eigenvalue weighted by molar-refractivity contribution is -0.122. The Morgan fingerprint density at radius 2 is 1.75 bits per heavy atom. The number of thioether (sulfide) groups is 1. The van der Waals surface area contributed by atoms with Crippen molar-refractivity contribution in [2.45, 2.75) is 13.8 Å². The Hall–Kier alpha value is -2.68. The summed E-state index contributed by atoms with van der Waals surface area (Å²) in [4.78, 5) is 42.5. The first-order valence-corrected chi connectivity index (χ1v) is 11.6. The van der Waals surface area contributed by atoms with Gasteiger partial charge in [0.25, 0.3) is 11.8 Å². The first kappa shape index (κ1) is 22.5. The summed E-state index contributed by atoms with van der Waals surface area (Å²) in [7, 11) is 0. The summed E-state index contributed by atoms with van der Waals surface area (Å²) in [6.45, 7) is 4.28. The number of hydrogen-bond donors (Lipinski definition) is 1. The molecule has 0 aromatic heterocycles. The van der Waals surface area contributed by atoms with E-state index in [-0.39, 0.29) is 23.9 Å². The molecule has 164 valence electrons. The van der Waals surface area contributed by atoms with E-state index in [4.69, 9.17) is 23.8 Å². The highest BCUT2D eigenvalue weighted by Crippen LogP contribution is 2.44. The third kappa shape index (κ3) is 4.18. The number of fused-ring (bicyclic) bond motifs is 1. The summed E-state index contributed by atoms with van der Waals surface area (Å²) in [6.07, 6.45) is 0. The van der Waals surface area contributed by atoms with Crippen molar-refractivity contribution in [3.8, 4) is 0 Å². The first-order chi connectivity index (χ1) is 15.3. The Balaban J connectivity index is 1.65. The zero-order valence-corrected chi connectivity index (χ0v) is 19.8. The average molecular weight is 486 g/mol. The Morgan fingerprint density at radius 1 is 1.06 bits per heavy atom. The lowest BCUT2D eigenvalue weighted by atomic mass is 10.1. The normalized spacial score (nSPS) is 18.1. The molecule has 2 aromatic carbocycles. The van der Waals surface area contributed by atoms with Gasteiger partial charge < -0.3 is 5.32 Å². The van der Waals surface area contributed by atoms with Gasteiger partial charge in [0.05, 0.1) is 26.9 Å². The van der Waals surface area contributed by atoms with Gasteiger partial charge in [0.15, 0.2) is 0 Å². The molecule has 0 aliphatic carbocycles. The maximum Gasteiger partial charge on any atom is 0.267 e. The second-order valence-corrected chi connectivity index (χ2v) is 9.87. The molecule has 9 heteroatoms. The molecule has 2 aromatic rings. The Morgan fingerprint density at radius 3 is 2.47 bits per heavy atom. The molecule has 3 amide bonds. The number of benzene rings is 2. The molecule has 6 nitrogen and oxygen atoms in total. The highest BCUT2D eigenvalue weighted by Gasteiger charge is 2.42. The molecule has 2 aliphatic rings. The molecule has 0 saturated carbocycles. The van der Waals surface area contributed by atoms with Crippen LogP contribution < -0.4 is 10.2 Å². The lowest BCUT2D eigenvalue weighted by Gasteiger charge is -2.17. The number of carbonyl (C=O) groups is 3. The van der Waals surface area contributed by atoms with Crippen LogP contribution in [0.25, 0.3) is 5.57 Å². The minimum absolute atomic E-state index is 0.211. The number of thiocarbonyl (C=S) groups is 1. The van der Waals surface area contributed by atoms with Crippen LogP contribution >= 0.6 is 35.6 Å². The molecule has 2 aliphatic heterocycles. The molecular formula is C23H20ClN3O3S2. The SMILES string of the molecule is CC(C)CN1C(=O)/C(=C2\C(=O)N(CC(=O)Nc3ccccc3Cl)c3ccccc32)SC1=S. The van der Waals surface area contributed by atoms with Gasteiger partial charge in [-0.3, -0.25) is 24.2 Å². The van der Waals surface area contributed by atoms with Crippen molar-refractivity contribution in [3.05, 3.63) is 64.0 Å². The summed E-state index contributed by atoms with van der Waals surface area (Å²) in [6, 6.07) is 14.0. The molecule has 0 bridgehead atoms. The van der Waals surface area contributed by atoms with Crippen molar-refractivity contribution in [1.29, 1.82) is 0 Å². The van der Waals surface area contributed by atoms with E-state index < -0.39 is 11.8 Å². The predicted octanol–water partition coefficient (Wildman–Crippen LogP) is 4.55. The average Bonchev–Trinajstić information content (AvgIpc) is 3.17. The fraction of sp³-hybridized carbons (Fsp3) is 0.217. The van der Waals surface area contributed by atoms with Crippen molar-refractivity contribution in [2.75, 3.05) is 23.3 Å². The minimum Gasteiger partial charge on any atom is -0.323 e. The third-order valence-electron chi connectivity index (χ3n) is 5.00. The molecule has 4 rings (SSSR count). The molecule has 0 unspecified atom stereocenters. The number of para-hydroxylation sites is 2. The predicted molar refractivity (Wildman–Crippen MR) is 133 cm³/mol. The molecule has 1 N–H and O–H groups in total. The molecule has 0 atom stereocenters. The van der Waals surface area contributed by atoms with Gasteiger partial charge in [0.1, 0.15) is 10.9 Å². The topological polar surface area (TPSA) is 69.7 Å². The number of anilines is 2. The van der Waals surface area contributed by atoms with E-state index in [1.165, 1.54) is 9.80 Å². The van der Waals surface area contributed by atoms with Crippen molar-refractivity contribution >= 4 is 74.6 Å². The zero-order valence-electron chi connectivity index (χ0n) is 17.4. The van der Waals surface area contributed by atoms with Crippen LogP contribution in [0.2, 0.25) is 5.02 Å². The smallest absolute Gasteiger partial charge is 0.267 e. The van der Waals surface area contributed by atoms with E-state index in [0.717, 1.165) is 11.8 Å².